The molecular weight excluding hydrogens is 228 g/mol. The minimum atomic E-state index is -0.0906. The third-order valence-electron chi connectivity index (χ3n) is 4.13. The summed E-state index contributed by atoms with van der Waals surface area (Å²) in [5.74, 6) is 1.93. The number of aromatic nitrogens is 3. The summed E-state index contributed by atoms with van der Waals surface area (Å²) in [7, 11) is 0. The SMILES string of the molecule is CCc1nnc2n1CCCC2C(=O)NC1CCC1. The van der Waals surface area contributed by atoms with E-state index in [1.807, 2.05) is 0 Å². The van der Waals surface area contributed by atoms with Gasteiger partial charge in [-0.3, -0.25) is 4.79 Å². The Morgan fingerprint density at radius 2 is 2.17 bits per heavy atom. The lowest BCUT2D eigenvalue weighted by molar-refractivity contribution is -0.124. The van der Waals surface area contributed by atoms with E-state index >= 15 is 0 Å². The Hall–Kier alpha value is -1.39. The molecule has 1 N–H and O–H groups in total. The molecule has 0 saturated heterocycles. The maximum absolute atomic E-state index is 12.3. The smallest absolute Gasteiger partial charge is 0.231 e. The van der Waals surface area contributed by atoms with Crippen molar-refractivity contribution in [2.45, 2.75) is 64.0 Å². The molecule has 1 amide bonds. The molecular formula is C13H20N4O. The summed E-state index contributed by atoms with van der Waals surface area (Å²) in [4.78, 5) is 12.3. The Bertz CT molecular complexity index is 450. The molecule has 1 fully saturated rings. The Morgan fingerprint density at radius 1 is 1.33 bits per heavy atom. The van der Waals surface area contributed by atoms with Crippen LogP contribution in [-0.4, -0.2) is 26.7 Å². The van der Waals surface area contributed by atoms with Gasteiger partial charge in [0, 0.05) is 19.0 Å². The van der Waals surface area contributed by atoms with Crippen molar-refractivity contribution in [3.05, 3.63) is 11.6 Å². The molecule has 0 aromatic carbocycles. The van der Waals surface area contributed by atoms with Crippen molar-refractivity contribution < 1.29 is 4.79 Å². The standard InChI is InChI=1S/C13H20N4O/c1-2-11-15-16-12-10(7-4-8-17(11)12)13(18)14-9-5-3-6-9/h9-10H,2-8H2,1H3,(H,14,18). The van der Waals surface area contributed by atoms with Gasteiger partial charge in [0.15, 0.2) is 0 Å². The Labute approximate surface area is 107 Å². The Kier molecular flexibility index (Phi) is 3.06. The summed E-state index contributed by atoms with van der Waals surface area (Å²) in [5.41, 5.74) is 0. The molecule has 0 bridgehead atoms. The van der Waals surface area contributed by atoms with E-state index in [1.54, 1.807) is 0 Å². The van der Waals surface area contributed by atoms with Gasteiger partial charge >= 0.3 is 0 Å². The fourth-order valence-corrected chi connectivity index (χ4v) is 2.80. The number of nitrogens with zero attached hydrogens (tertiary/aromatic N) is 3. The van der Waals surface area contributed by atoms with E-state index in [4.69, 9.17) is 0 Å². The van der Waals surface area contributed by atoms with Gasteiger partial charge in [-0.05, 0) is 32.1 Å². The zero-order chi connectivity index (χ0) is 12.5. The fraction of sp³-hybridized carbons (Fsp3) is 0.769. The number of carbonyl (C=O) groups excluding carboxylic acids is 1. The second kappa shape index (κ2) is 4.71. The van der Waals surface area contributed by atoms with Crippen LogP contribution in [0.5, 0.6) is 0 Å². The summed E-state index contributed by atoms with van der Waals surface area (Å²) < 4.78 is 2.13. The second-order valence-electron chi connectivity index (χ2n) is 5.31. The molecule has 0 spiro atoms. The van der Waals surface area contributed by atoms with Gasteiger partial charge in [-0.2, -0.15) is 0 Å². The summed E-state index contributed by atoms with van der Waals surface area (Å²) in [5, 5.41) is 11.6. The number of carbonyl (C=O) groups is 1. The zero-order valence-corrected chi connectivity index (χ0v) is 10.9. The largest absolute Gasteiger partial charge is 0.353 e. The van der Waals surface area contributed by atoms with Crippen molar-refractivity contribution in [2.75, 3.05) is 0 Å². The van der Waals surface area contributed by atoms with E-state index in [0.29, 0.717) is 6.04 Å². The Balaban J connectivity index is 1.77. The number of aryl methyl sites for hydroxylation is 1. The highest BCUT2D eigenvalue weighted by atomic mass is 16.2. The number of hydrogen-bond donors (Lipinski definition) is 1. The molecule has 0 radical (unpaired) electrons. The van der Waals surface area contributed by atoms with E-state index in [2.05, 4.69) is 27.0 Å². The quantitative estimate of drug-likeness (QED) is 0.879. The van der Waals surface area contributed by atoms with Crippen LogP contribution in [0.25, 0.3) is 0 Å². The lowest BCUT2D eigenvalue weighted by atomic mass is 9.91. The minimum Gasteiger partial charge on any atom is -0.353 e. The van der Waals surface area contributed by atoms with Crippen LogP contribution < -0.4 is 5.32 Å². The summed E-state index contributed by atoms with van der Waals surface area (Å²) >= 11 is 0. The van der Waals surface area contributed by atoms with E-state index in [1.165, 1.54) is 6.42 Å². The van der Waals surface area contributed by atoms with Gasteiger partial charge in [-0.1, -0.05) is 6.92 Å². The van der Waals surface area contributed by atoms with Crippen LogP contribution in [0.3, 0.4) is 0 Å². The van der Waals surface area contributed by atoms with Crippen molar-refractivity contribution in [3.63, 3.8) is 0 Å². The zero-order valence-electron chi connectivity index (χ0n) is 10.9. The van der Waals surface area contributed by atoms with Gasteiger partial charge in [0.05, 0.1) is 5.92 Å². The normalized spacial score (nSPS) is 23.3. The van der Waals surface area contributed by atoms with E-state index < -0.39 is 0 Å². The van der Waals surface area contributed by atoms with Crippen LogP contribution in [0.2, 0.25) is 0 Å². The molecule has 3 rings (SSSR count). The van der Waals surface area contributed by atoms with Crippen molar-refractivity contribution in [2.24, 2.45) is 0 Å². The third-order valence-corrected chi connectivity index (χ3v) is 4.13. The lowest BCUT2D eigenvalue weighted by Crippen LogP contribution is -2.43. The molecule has 18 heavy (non-hydrogen) atoms. The summed E-state index contributed by atoms with van der Waals surface area (Å²) in [6, 6.07) is 0.404. The first-order valence-electron chi connectivity index (χ1n) is 7.02. The highest BCUT2D eigenvalue weighted by molar-refractivity contribution is 5.83. The van der Waals surface area contributed by atoms with E-state index in [9.17, 15) is 4.79 Å². The van der Waals surface area contributed by atoms with E-state index in [-0.39, 0.29) is 11.8 Å². The number of fused-ring (bicyclic) bond motifs is 1. The van der Waals surface area contributed by atoms with Gasteiger partial charge in [-0.25, -0.2) is 0 Å². The summed E-state index contributed by atoms with van der Waals surface area (Å²) in [6.07, 6.45) is 6.33. The molecule has 1 unspecified atom stereocenters. The average Bonchev–Trinajstić information content (AvgIpc) is 2.76. The van der Waals surface area contributed by atoms with Crippen LogP contribution in [0.1, 0.15) is 56.6 Å². The highest BCUT2D eigenvalue weighted by Gasteiger charge is 2.32. The molecule has 1 atom stereocenters. The van der Waals surface area contributed by atoms with E-state index in [0.717, 1.165) is 50.3 Å². The monoisotopic (exact) mass is 248 g/mol. The van der Waals surface area contributed by atoms with Crippen LogP contribution in [0.15, 0.2) is 0 Å². The lowest BCUT2D eigenvalue weighted by Gasteiger charge is -2.29. The maximum atomic E-state index is 12.3. The Morgan fingerprint density at radius 3 is 2.83 bits per heavy atom. The first-order chi connectivity index (χ1) is 8.79. The van der Waals surface area contributed by atoms with Gasteiger partial charge in [0.1, 0.15) is 11.6 Å². The van der Waals surface area contributed by atoms with Crippen molar-refractivity contribution >= 4 is 5.91 Å². The minimum absolute atomic E-state index is 0.0906. The van der Waals surface area contributed by atoms with Crippen LogP contribution in [0, 0.1) is 0 Å². The average molecular weight is 248 g/mol. The van der Waals surface area contributed by atoms with Gasteiger partial charge in [-0.15, -0.1) is 10.2 Å². The van der Waals surface area contributed by atoms with Crippen LogP contribution in [-0.2, 0) is 17.8 Å². The first kappa shape index (κ1) is 11.7. The summed E-state index contributed by atoms with van der Waals surface area (Å²) in [6.45, 7) is 3.04. The van der Waals surface area contributed by atoms with Crippen LogP contribution in [0.4, 0.5) is 0 Å². The second-order valence-corrected chi connectivity index (χ2v) is 5.31. The van der Waals surface area contributed by atoms with Gasteiger partial charge < -0.3 is 9.88 Å². The molecule has 2 heterocycles. The van der Waals surface area contributed by atoms with Gasteiger partial charge in [0.25, 0.3) is 0 Å². The van der Waals surface area contributed by atoms with Crippen molar-refractivity contribution in [1.29, 1.82) is 0 Å². The van der Waals surface area contributed by atoms with Crippen molar-refractivity contribution in [1.82, 2.24) is 20.1 Å². The number of rotatable bonds is 3. The third kappa shape index (κ3) is 1.91. The highest BCUT2D eigenvalue weighted by Crippen LogP contribution is 2.28. The number of amides is 1. The first-order valence-corrected chi connectivity index (χ1v) is 7.02. The van der Waals surface area contributed by atoms with Crippen LogP contribution >= 0.6 is 0 Å². The van der Waals surface area contributed by atoms with Gasteiger partial charge in [0.2, 0.25) is 5.91 Å². The molecule has 5 heteroatoms. The molecule has 5 nitrogen and oxygen atoms in total. The number of nitrogens with one attached hydrogen (secondary N) is 1. The van der Waals surface area contributed by atoms with Crippen molar-refractivity contribution in [3.8, 4) is 0 Å². The topological polar surface area (TPSA) is 59.8 Å². The molecule has 2 aliphatic rings. The number of hydrogen-bond acceptors (Lipinski definition) is 3. The molecule has 1 saturated carbocycles. The predicted octanol–water partition coefficient (Wildman–Crippen LogP) is 1.39. The maximum Gasteiger partial charge on any atom is 0.231 e. The fourth-order valence-electron chi connectivity index (χ4n) is 2.80. The molecule has 1 aliphatic carbocycles. The molecule has 1 aliphatic heterocycles. The predicted molar refractivity (Wildman–Crippen MR) is 67.2 cm³/mol. The molecule has 1 aromatic heterocycles. The molecule has 1 aromatic rings. The molecule has 98 valence electrons.